The van der Waals surface area contributed by atoms with Crippen LogP contribution in [0.5, 0.6) is 5.75 Å². The lowest BCUT2D eigenvalue weighted by Gasteiger charge is -2.10. The molecule has 0 heterocycles. The van der Waals surface area contributed by atoms with Gasteiger partial charge in [-0.3, -0.25) is 0 Å². The van der Waals surface area contributed by atoms with Crippen molar-refractivity contribution in [3.8, 4) is 5.75 Å². The molecule has 102 valence electrons. The van der Waals surface area contributed by atoms with Crippen LogP contribution in [0.1, 0.15) is 11.1 Å². The Balaban J connectivity index is 2.14. The highest BCUT2D eigenvalue weighted by atomic mass is 35.5. The number of benzene rings is 2. The first-order valence-corrected chi connectivity index (χ1v) is 6.41. The highest BCUT2D eigenvalue weighted by molar-refractivity contribution is 6.31. The quantitative estimate of drug-likeness (QED) is 0.845. The minimum atomic E-state index is -0.995. The van der Waals surface area contributed by atoms with Crippen LogP contribution < -0.4 is 4.74 Å². The van der Waals surface area contributed by atoms with Gasteiger partial charge in [-0.2, -0.15) is 0 Å². The van der Waals surface area contributed by atoms with Crippen molar-refractivity contribution in [3.63, 3.8) is 0 Å². The molecule has 0 aliphatic heterocycles. The minimum absolute atomic E-state index is 0.331. The summed E-state index contributed by atoms with van der Waals surface area (Å²) in [6.45, 7) is 0.331. The topological polar surface area (TPSA) is 46.5 Å². The number of para-hydroxylation sites is 1. The summed E-state index contributed by atoms with van der Waals surface area (Å²) < 4.78 is 5.71. The maximum atomic E-state index is 10.6. The Labute approximate surface area is 122 Å². The summed E-state index contributed by atoms with van der Waals surface area (Å²) in [6, 6.07) is 14.7. The standard InChI is InChI=1S/C16H13ClO3/c17-14-7-3-1-6-13(14)11-20-15-8-4-2-5-12(15)9-10-16(18)19/h1-10H,11H2,(H,18,19). The predicted molar refractivity (Wildman–Crippen MR) is 78.9 cm³/mol. The first-order valence-electron chi connectivity index (χ1n) is 6.03. The molecule has 2 aromatic rings. The SMILES string of the molecule is O=C(O)C=Cc1ccccc1OCc1ccccc1Cl. The van der Waals surface area contributed by atoms with E-state index in [-0.39, 0.29) is 0 Å². The number of carboxylic acid groups (broad SMARTS) is 1. The number of halogens is 1. The maximum Gasteiger partial charge on any atom is 0.328 e. The van der Waals surface area contributed by atoms with Gasteiger partial charge in [-0.1, -0.05) is 48.0 Å². The van der Waals surface area contributed by atoms with Crippen LogP contribution in [0.3, 0.4) is 0 Å². The Morgan fingerprint density at radius 1 is 1.15 bits per heavy atom. The van der Waals surface area contributed by atoms with Crippen LogP contribution in [0.15, 0.2) is 54.6 Å². The van der Waals surface area contributed by atoms with Gasteiger partial charge < -0.3 is 9.84 Å². The number of hydrogen-bond acceptors (Lipinski definition) is 2. The molecule has 0 atom stereocenters. The lowest BCUT2D eigenvalue weighted by molar-refractivity contribution is -0.131. The fourth-order valence-corrected chi connectivity index (χ4v) is 1.87. The van der Waals surface area contributed by atoms with Crippen LogP contribution in [0, 0.1) is 0 Å². The number of ether oxygens (including phenoxy) is 1. The fraction of sp³-hybridized carbons (Fsp3) is 0.0625. The second-order valence-electron chi connectivity index (χ2n) is 4.09. The van der Waals surface area contributed by atoms with Gasteiger partial charge in [0.1, 0.15) is 12.4 Å². The fourth-order valence-electron chi connectivity index (χ4n) is 1.68. The number of aliphatic carboxylic acids is 1. The Bertz CT molecular complexity index is 635. The van der Waals surface area contributed by atoms with Crippen LogP contribution in [0.2, 0.25) is 5.02 Å². The average Bonchev–Trinajstić information content (AvgIpc) is 2.45. The molecule has 3 nitrogen and oxygen atoms in total. The highest BCUT2D eigenvalue weighted by Crippen LogP contribution is 2.22. The molecule has 1 N–H and O–H groups in total. The Kier molecular flexibility index (Phi) is 4.80. The van der Waals surface area contributed by atoms with E-state index in [1.165, 1.54) is 6.08 Å². The van der Waals surface area contributed by atoms with Crippen molar-refractivity contribution >= 4 is 23.6 Å². The van der Waals surface area contributed by atoms with Gasteiger partial charge in [0, 0.05) is 22.2 Å². The van der Waals surface area contributed by atoms with Crippen molar-refractivity contribution in [2.45, 2.75) is 6.61 Å². The van der Waals surface area contributed by atoms with Gasteiger partial charge in [-0.25, -0.2) is 4.79 Å². The predicted octanol–water partition coefficient (Wildman–Crippen LogP) is 4.02. The summed E-state index contributed by atoms with van der Waals surface area (Å²) in [5.41, 5.74) is 1.59. The van der Waals surface area contributed by atoms with Gasteiger partial charge in [0.25, 0.3) is 0 Å². The highest BCUT2D eigenvalue weighted by Gasteiger charge is 2.03. The number of rotatable bonds is 5. The van der Waals surface area contributed by atoms with Gasteiger partial charge in [-0.05, 0) is 18.2 Å². The van der Waals surface area contributed by atoms with E-state index in [0.29, 0.717) is 22.9 Å². The van der Waals surface area contributed by atoms with Gasteiger partial charge in [0.2, 0.25) is 0 Å². The molecule has 4 heteroatoms. The van der Waals surface area contributed by atoms with Crippen LogP contribution in [-0.2, 0) is 11.4 Å². The summed E-state index contributed by atoms with van der Waals surface area (Å²) >= 11 is 6.06. The first kappa shape index (κ1) is 14.2. The van der Waals surface area contributed by atoms with E-state index in [9.17, 15) is 4.79 Å². The zero-order valence-corrected chi connectivity index (χ0v) is 11.4. The monoisotopic (exact) mass is 288 g/mol. The van der Waals surface area contributed by atoms with E-state index < -0.39 is 5.97 Å². The average molecular weight is 289 g/mol. The van der Waals surface area contributed by atoms with Crippen molar-refractivity contribution in [1.82, 2.24) is 0 Å². The van der Waals surface area contributed by atoms with E-state index in [4.69, 9.17) is 21.4 Å². The molecule has 0 aliphatic carbocycles. The van der Waals surface area contributed by atoms with E-state index >= 15 is 0 Å². The molecule has 0 aliphatic rings. The van der Waals surface area contributed by atoms with Gasteiger partial charge in [-0.15, -0.1) is 0 Å². The molecule has 2 aromatic carbocycles. The van der Waals surface area contributed by atoms with Crippen molar-refractivity contribution in [3.05, 3.63) is 70.8 Å². The molecule has 0 unspecified atom stereocenters. The molecule has 0 amide bonds. The largest absolute Gasteiger partial charge is 0.488 e. The van der Waals surface area contributed by atoms with Gasteiger partial charge >= 0.3 is 5.97 Å². The lowest BCUT2D eigenvalue weighted by Crippen LogP contribution is -1.97. The van der Waals surface area contributed by atoms with E-state index in [1.807, 2.05) is 30.3 Å². The Morgan fingerprint density at radius 2 is 1.85 bits per heavy atom. The molecular formula is C16H13ClO3. The maximum absolute atomic E-state index is 10.6. The summed E-state index contributed by atoms with van der Waals surface area (Å²) in [5.74, 6) is -0.379. The lowest BCUT2D eigenvalue weighted by atomic mass is 10.2. The molecule has 0 saturated heterocycles. The molecule has 0 bridgehead atoms. The molecule has 0 aromatic heterocycles. The molecule has 2 rings (SSSR count). The van der Waals surface area contributed by atoms with Gasteiger partial charge in [0.05, 0.1) is 0 Å². The van der Waals surface area contributed by atoms with Crippen molar-refractivity contribution in [2.75, 3.05) is 0 Å². The number of carboxylic acids is 1. The summed E-state index contributed by atoms with van der Waals surface area (Å²) in [6.07, 6.45) is 2.59. The molecule has 0 saturated carbocycles. The number of carbonyl (C=O) groups is 1. The summed E-state index contributed by atoms with van der Waals surface area (Å²) in [7, 11) is 0. The third kappa shape index (κ3) is 3.87. The molecule has 0 spiro atoms. The third-order valence-electron chi connectivity index (χ3n) is 2.67. The second-order valence-corrected chi connectivity index (χ2v) is 4.50. The van der Waals surface area contributed by atoms with Crippen LogP contribution in [-0.4, -0.2) is 11.1 Å². The zero-order valence-electron chi connectivity index (χ0n) is 10.6. The van der Waals surface area contributed by atoms with Crippen molar-refractivity contribution in [1.29, 1.82) is 0 Å². The summed E-state index contributed by atoms with van der Waals surface area (Å²) in [5, 5.41) is 9.31. The van der Waals surface area contributed by atoms with Gasteiger partial charge in [0.15, 0.2) is 0 Å². The number of hydrogen-bond donors (Lipinski definition) is 1. The zero-order chi connectivity index (χ0) is 14.4. The van der Waals surface area contributed by atoms with E-state index in [1.54, 1.807) is 18.2 Å². The van der Waals surface area contributed by atoms with Crippen molar-refractivity contribution < 1.29 is 14.6 Å². The summed E-state index contributed by atoms with van der Waals surface area (Å²) in [4.78, 5) is 10.6. The smallest absolute Gasteiger partial charge is 0.328 e. The minimum Gasteiger partial charge on any atom is -0.488 e. The van der Waals surface area contributed by atoms with E-state index in [2.05, 4.69) is 0 Å². The molecular weight excluding hydrogens is 276 g/mol. The molecule has 0 radical (unpaired) electrons. The molecule has 20 heavy (non-hydrogen) atoms. The van der Waals surface area contributed by atoms with Crippen LogP contribution in [0.4, 0.5) is 0 Å². The third-order valence-corrected chi connectivity index (χ3v) is 3.03. The van der Waals surface area contributed by atoms with Crippen molar-refractivity contribution in [2.24, 2.45) is 0 Å². The second kappa shape index (κ2) is 6.78. The first-order chi connectivity index (χ1) is 9.66. The van der Waals surface area contributed by atoms with Crippen LogP contribution >= 0.6 is 11.6 Å². The normalized spacial score (nSPS) is 10.7. The van der Waals surface area contributed by atoms with Crippen LogP contribution in [0.25, 0.3) is 6.08 Å². The van der Waals surface area contributed by atoms with E-state index in [0.717, 1.165) is 11.6 Å². The Hall–Kier alpha value is -2.26. The Morgan fingerprint density at radius 3 is 2.60 bits per heavy atom. The molecule has 0 fully saturated rings.